The first-order valence-corrected chi connectivity index (χ1v) is 11.1. The topological polar surface area (TPSA) is 159 Å². The second-order valence-corrected chi connectivity index (χ2v) is 7.71. The highest BCUT2D eigenvalue weighted by atomic mass is 16.5. The minimum atomic E-state index is -1.05. The Kier molecular flexibility index (Phi) is 8.79. The van der Waals surface area contributed by atoms with E-state index in [1.54, 1.807) is 0 Å². The first kappa shape index (κ1) is 26.7. The molecule has 3 aliphatic heterocycles. The van der Waals surface area contributed by atoms with Crippen molar-refractivity contribution in [3.8, 4) is 0 Å². The van der Waals surface area contributed by atoms with Crippen molar-refractivity contribution in [1.82, 2.24) is 0 Å². The van der Waals surface area contributed by atoms with Crippen molar-refractivity contribution >= 4 is 46.9 Å². The highest BCUT2D eigenvalue weighted by molar-refractivity contribution is 6.28. The number of rotatable bonds is 4. The van der Waals surface area contributed by atoms with Crippen LogP contribution < -0.4 is 9.80 Å². The summed E-state index contributed by atoms with van der Waals surface area (Å²) >= 11 is 0. The first-order valence-electron chi connectivity index (χ1n) is 11.1. The summed E-state index contributed by atoms with van der Waals surface area (Å²) in [6.07, 6.45) is 7.25. The highest BCUT2D eigenvalue weighted by Crippen LogP contribution is 2.20. The number of aromatic carboxylic acids is 2. The van der Waals surface area contributed by atoms with Crippen molar-refractivity contribution in [2.24, 2.45) is 0 Å². The van der Waals surface area contributed by atoms with Crippen LogP contribution in [0.5, 0.6) is 0 Å². The molecule has 2 aromatic rings. The van der Waals surface area contributed by atoms with Gasteiger partial charge in [0.1, 0.15) is 0 Å². The van der Waals surface area contributed by atoms with E-state index in [-0.39, 0.29) is 11.1 Å². The third-order valence-electron chi connectivity index (χ3n) is 5.19. The van der Waals surface area contributed by atoms with E-state index in [1.165, 1.54) is 85.7 Å². The van der Waals surface area contributed by atoms with Crippen LogP contribution in [0.3, 0.4) is 0 Å². The van der Waals surface area contributed by atoms with E-state index in [2.05, 4.69) is 0 Å². The highest BCUT2D eigenvalue weighted by Gasteiger charge is 2.26. The molecule has 0 aliphatic carbocycles. The normalized spacial score (nSPS) is 15.9. The lowest BCUT2D eigenvalue weighted by Gasteiger charge is -2.13. The van der Waals surface area contributed by atoms with Crippen LogP contribution in [0.25, 0.3) is 0 Å². The maximum atomic E-state index is 11.3. The van der Waals surface area contributed by atoms with Crippen LogP contribution in [0.4, 0.5) is 11.4 Å². The molecule has 190 valence electrons. The first-order chi connectivity index (χ1) is 17.7. The van der Waals surface area contributed by atoms with Gasteiger partial charge in [-0.3, -0.25) is 19.2 Å². The number of carbonyl (C=O) groups is 6. The number of benzene rings is 2. The van der Waals surface area contributed by atoms with E-state index in [4.69, 9.17) is 14.9 Å². The van der Waals surface area contributed by atoms with Crippen molar-refractivity contribution in [3.05, 3.63) is 84.0 Å². The predicted octanol–water partition coefficient (Wildman–Crippen LogP) is 2.43. The molecule has 0 saturated carbocycles. The summed E-state index contributed by atoms with van der Waals surface area (Å²) in [7, 11) is 0. The second-order valence-electron chi connectivity index (χ2n) is 7.71. The number of amides is 4. The summed E-state index contributed by atoms with van der Waals surface area (Å²) in [5.41, 5.74) is 0.946. The van der Waals surface area contributed by atoms with E-state index in [1.807, 2.05) is 0 Å². The van der Waals surface area contributed by atoms with Gasteiger partial charge in [0, 0.05) is 37.5 Å². The maximum Gasteiger partial charge on any atom is 0.335 e. The Morgan fingerprint density at radius 3 is 1.08 bits per heavy atom. The quantitative estimate of drug-likeness (QED) is 0.594. The number of hydrogen-bond donors (Lipinski definition) is 2. The van der Waals surface area contributed by atoms with Gasteiger partial charge in [-0.15, -0.1) is 0 Å². The van der Waals surface area contributed by atoms with E-state index in [0.717, 1.165) is 23.0 Å². The molecule has 5 rings (SSSR count). The minimum absolute atomic E-state index is 0.107. The summed E-state index contributed by atoms with van der Waals surface area (Å²) in [5.74, 6) is -3.80. The molecule has 2 N–H and O–H groups in total. The van der Waals surface area contributed by atoms with Crippen LogP contribution in [-0.2, 0) is 23.9 Å². The summed E-state index contributed by atoms with van der Waals surface area (Å²) in [4.78, 5) is 68.4. The lowest BCUT2D eigenvalue weighted by atomic mass is 10.2. The molecule has 3 aliphatic rings. The van der Waals surface area contributed by atoms with Crippen molar-refractivity contribution < 1.29 is 43.7 Å². The van der Waals surface area contributed by atoms with Gasteiger partial charge in [-0.1, -0.05) is 0 Å². The number of ether oxygens (including phenoxy) is 1. The fourth-order valence-electron chi connectivity index (χ4n) is 3.33. The number of anilines is 2. The van der Waals surface area contributed by atoms with Gasteiger partial charge in [-0.25, -0.2) is 19.4 Å². The van der Waals surface area contributed by atoms with Gasteiger partial charge in [0.05, 0.1) is 22.5 Å². The van der Waals surface area contributed by atoms with Crippen molar-refractivity contribution in [3.63, 3.8) is 0 Å². The molecule has 1 saturated heterocycles. The molecular weight excluding hydrogens is 484 g/mol. The fraction of sp³-hybridized carbons (Fsp3) is 0.154. The molecular formula is C26H22N2O9. The Bertz CT molecular complexity index is 1140. The van der Waals surface area contributed by atoms with Gasteiger partial charge >= 0.3 is 11.9 Å². The lowest BCUT2D eigenvalue weighted by molar-refractivity contribution is -0.121. The molecule has 0 unspecified atom stereocenters. The summed E-state index contributed by atoms with van der Waals surface area (Å²) in [6, 6.07) is 11.1. The van der Waals surface area contributed by atoms with Crippen molar-refractivity contribution in [2.75, 3.05) is 23.0 Å². The van der Waals surface area contributed by atoms with E-state index < -0.39 is 35.6 Å². The molecule has 11 heteroatoms. The minimum Gasteiger partial charge on any atom is -0.478 e. The Hall–Kier alpha value is -4.90. The van der Waals surface area contributed by atoms with Gasteiger partial charge in [-0.05, 0) is 61.4 Å². The Balaban J connectivity index is 0.000000173. The van der Waals surface area contributed by atoms with Gasteiger partial charge in [0.15, 0.2) is 0 Å². The summed E-state index contributed by atoms with van der Waals surface area (Å²) in [6.45, 7) is 2.00. The second kappa shape index (κ2) is 12.2. The van der Waals surface area contributed by atoms with Gasteiger partial charge in [0.25, 0.3) is 23.6 Å². The third-order valence-corrected chi connectivity index (χ3v) is 5.19. The molecule has 0 radical (unpaired) electrons. The van der Waals surface area contributed by atoms with E-state index in [0.29, 0.717) is 11.4 Å². The average Bonchev–Trinajstić information content (AvgIpc) is 3.64. The number of carboxylic acid groups (broad SMARTS) is 2. The van der Waals surface area contributed by atoms with Crippen LogP contribution in [0.15, 0.2) is 72.8 Å². The molecule has 0 spiro atoms. The van der Waals surface area contributed by atoms with Crippen LogP contribution in [0.2, 0.25) is 0 Å². The zero-order valence-corrected chi connectivity index (χ0v) is 19.4. The molecule has 4 amide bonds. The summed E-state index contributed by atoms with van der Waals surface area (Å²) in [5, 5.41) is 17.4. The molecule has 37 heavy (non-hydrogen) atoms. The largest absolute Gasteiger partial charge is 0.478 e. The fourth-order valence-corrected chi connectivity index (χ4v) is 3.33. The van der Waals surface area contributed by atoms with Gasteiger partial charge in [-0.2, -0.15) is 0 Å². The Morgan fingerprint density at radius 2 is 0.865 bits per heavy atom. The lowest BCUT2D eigenvalue weighted by Crippen LogP contribution is -2.29. The van der Waals surface area contributed by atoms with Crippen LogP contribution >= 0.6 is 0 Å². The predicted molar refractivity (Wildman–Crippen MR) is 130 cm³/mol. The van der Waals surface area contributed by atoms with Crippen molar-refractivity contribution in [2.45, 2.75) is 12.8 Å². The standard InChI is InChI=1S/2C11H7NO4.C4H8O/c2*13-9-5-6-10(14)12(9)8-3-1-7(2-4-8)11(15)16;1-2-4-5-3-1/h2*1-6H,(H,15,16);1-4H2. The monoisotopic (exact) mass is 506 g/mol. The van der Waals surface area contributed by atoms with Gasteiger partial charge in [0.2, 0.25) is 0 Å². The third kappa shape index (κ3) is 6.83. The molecule has 0 aromatic heterocycles. The average molecular weight is 506 g/mol. The number of imide groups is 2. The number of carbonyl (C=O) groups excluding carboxylic acids is 4. The van der Waals surface area contributed by atoms with Crippen molar-refractivity contribution in [1.29, 1.82) is 0 Å². The number of nitrogens with zero attached hydrogens (tertiary/aromatic N) is 2. The molecule has 2 aromatic carbocycles. The smallest absolute Gasteiger partial charge is 0.335 e. The Morgan fingerprint density at radius 1 is 0.568 bits per heavy atom. The number of hydrogen-bond acceptors (Lipinski definition) is 7. The number of carboxylic acids is 2. The van der Waals surface area contributed by atoms with Crippen LogP contribution in [0, 0.1) is 0 Å². The maximum absolute atomic E-state index is 11.3. The van der Waals surface area contributed by atoms with E-state index >= 15 is 0 Å². The molecule has 0 bridgehead atoms. The van der Waals surface area contributed by atoms with Gasteiger partial charge < -0.3 is 14.9 Å². The molecule has 1 fully saturated rings. The molecule has 11 nitrogen and oxygen atoms in total. The van der Waals surface area contributed by atoms with E-state index in [9.17, 15) is 28.8 Å². The molecule has 0 atom stereocenters. The van der Waals surface area contributed by atoms with Crippen LogP contribution in [-0.4, -0.2) is 59.0 Å². The van der Waals surface area contributed by atoms with Crippen LogP contribution in [0.1, 0.15) is 33.6 Å². The zero-order chi connectivity index (χ0) is 26.9. The Labute approximate surface area is 210 Å². The zero-order valence-electron chi connectivity index (χ0n) is 19.4. The summed E-state index contributed by atoms with van der Waals surface area (Å²) < 4.78 is 4.94. The molecule has 3 heterocycles. The SMILES string of the molecule is C1CCOC1.O=C(O)c1ccc(N2C(=O)C=CC2=O)cc1.O=C(O)c1ccc(N2C(=O)C=CC2=O)cc1.